The molecule has 186 valence electrons. The molecule has 2 amide bonds. The molecule has 2 aliphatic heterocycles. The van der Waals surface area contributed by atoms with Gasteiger partial charge in [0.2, 0.25) is 11.8 Å². The Hall–Kier alpha value is -3.57. The number of thiazole rings is 1. The van der Waals surface area contributed by atoms with Gasteiger partial charge in [-0.05, 0) is 48.9 Å². The molecular weight excluding hydrogens is 504 g/mol. The van der Waals surface area contributed by atoms with Crippen LogP contribution in [0.25, 0.3) is 0 Å². The molecule has 1 aromatic heterocycles. The molecule has 1 saturated heterocycles. The summed E-state index contributed by atoms with van der Waals surface area (Å²) in [7, 11) is 3.05. The molecule has 0 unspecified atom stereocenters. The molecule has 0 aliphatic carbocycles. The van der Waals surface area contributed by atoms with E-state index in [0.717, 1.165) is 16.9 Å². The number of nitrogens with zero attached hydrogens (tertiary/aromatic N) is 1. The fraction of sp³-hybridized carbons (Fsp3) is 0.280. The van der Waals surface area contributed by atoms with Gasteiger partial charge in [0, 0.05) is 10.8 Å². The molecule has 0 bridgehead atoms. The third-order valence-electron chi connectivity index (χ3n) is 6.23. The number of hydrogen-bond acceptors (Lipinski definition) is 9. The number of imide groups is 1. The number of thioether (sulfide) groups is 1. The number of methoxy groups -OCH3 is 2. The average molecular weight is 527 g/mol. The number of nitrogens with one attached hydrogen (secondary N) is 1. The van der Waals surface area contributed by atoms with Crippen LogP contribution in [0.4, 0.5) is 5.69 Å². The summed E-state index contributed by atoms with van der Waals surface area (Å²) in [5.41, 5.74) is 1.44. The average Bonchev–Trinajstić information content (AvgIpc) is 3.38. The van der Waals surface area contributed by atoms with Crippen LogP contribution < -0.4 is 19.2 Å². The van der Waals surface area contributed by atoms with Crippen molar-refractivity contribution in [1.29, 1.82) is 0 Å². The monoisotopic (exact) mass is 526 g/mol. The Balaban J connectivity index is 1.56. The van der Waals surface area contributed by atoms with Crippen molar-refractivity contribution >= 4 is 46.6 Å². The zero-order valence-corrected chi connectivity index (χ0v) is 21.2. The van der Waals surface area contributed by atoms with Crippen molar-refractivity contribution in [3.05, 3.63) is 68.1 Å². The number of amides is 2. The van der Waals surface area contributed by atoms with Crippen molar-refractivity contribution in [1.82, 2.24) is 4.98 Å². The van der Waals surface area contributed by atoms with Gasteiger partial charge < -0.3 is 19.2 Å². The smallest absolute Gasteiger partial charge is 0.338 e. The van der Waals surface area contributed by atoms with Crippen molar-refractivity contribution in [3.63, 3.8) is 0 Å². The van der Waals surface area contributed by atoms with Gasteiger partial charge in [0.15, 0.2) is 11.5 Å². The molecule has 2 aromatic carbocycles. The highest BCUT2D eigenvalue weighted by Gasteiger charge is 2.56. The number of hydrogen-bond donors (Lipinski definition) is 1. The summed E-state index contributed by atoms with van der Waals surface area (Å²) in [6, 6.07) is 11.5. The third kappa shape index (κ3) is 3.88. The van der Waals surface area contributed by atoms with Crippen molar-refractivity contribution in [2.45, 2.75) is 23.1 Å². The summed E-state index contributed by atoms with van der Waals surface area (Å²) in [4.78, 5) is 56.1. The van der Waals surface area contributed by atoms with E-state index in [1.807, 2.05) is 6.07 Å². The molecule has 0 radical (unpaired) electrons. The van der Waals surface area contributed by atoms with E-state index in [1.165, 1.54) is 43.0 Å². The fourth-order valence-corrected chi connectivity index (χ4v) is 7.15. The first-order valence-electron chi connectivity index (χ1n) is 11.1. The first kappa shape index (κ1) is 24.1. The van der Waals surface area contributed by atoms with Crippen molar-refractivity contribution in [2.24, 2.45) is 5.92 Å². The van der Waals surface area contributed by atoms with Gasteiger partial charge in [0.05, 0.1) is 43.0 Å². The highest BCUT2D eigenvalue weighted by atomic mass is 32.2. The van der Waals surface area contributed by atoms with E-state index >= 15 is 0 Å². The number of carbonyl (C=O) groups is 3. The number of aromatic amines is 1. The largest absolute Gasteiger partial charge is 0.493 e. The van der Waals surface area contributed by atoms with Gasteiger partial charge in [-0.1, -0.05) is 29.2 Å². The molecule has 0 saturated carbocycles. The van der Waals surface area contributed by atoms with E-state index in [-0.39, 0.29) is 23.3 Å². The van der Waals surface area contributed by atoms with Gasteiger partial charge >= 0.3 is 10.8 Å². The van der Waals surface area contributed by atoms with E-state index in [4.69, 9.17) is 14.2 Å². The third-order valence-corrected chi connectivity index (χ3v) is 8.63. The van der Waals surface area contributed by atoms with E-state index in [2.05, 4.69) is 4.98 Å². The molecule has 5 rings (SSSR count). The highest BCUT2D eigenvalue weighted by molar-refractivity contribution is 8.00. The molecule has 1 fully saturated rings. The minimum Gasteiger partial charge on any atom is -0.493 e. The lowest BCUT2D eigenvalue weighted by atomic mass is 9.83. The number of rotatable bonds is 6. The summed E-state index contributed by atoms with van der Waals surface area (Å²) in [5, 5.41) is -0.134. The second-order valence-electron chi connectivity index (χ2n) is 8.14. The topological polar surface area (TPSA) is 115 Å². The second-order valence-corrected chi connectivity index (χ2v) is 10.3. The summed E-state index contributed by atoms with van der Waals surface area (Å²) < 4.78 is 15.8. The number of ether oxygens (including phenoxy) is 3. The Kier molecular flexibility index (Phi) is 6.35. The van der Waals surface area contributed by atoms with Gasteiger partial charge in [0.25, 0.3) is 0 Å². The Morgan fingerprint density at radius 2 is 1.72 bits per heavy atom. The number of carbonyl (C=O) groups excluding carboxylic acids is 3. The SMILES string of the molecule is CCOC(=O)c1ccc(N2C(=O)[C@H]3[C@H](c4ccc(OC)c(OC)c4)c4sc(=O)[nH]c4S[C@H]3C2=O)cc1. The highest BCUT2D eigenvalue weighted by Crippen LogP contribution is 2.53. The maximum absolute atomic E-state index is 13.8. The lowest BCUT2D eigenvalue weighted by Gasteiger charge is -2.30. The Bertz CT molecular complexity index is 1410. The van der Waals surface area contributed by atoms with Crippen LogP contribution in [-0.2, 0) is 14.3 Å². The Morgan fingerprint density at radius 3 is 2.39 bits per heavy atom. The zero-order valence-electron chi connectivity index (χ0n) is 19.6. The van der Waals surface area contributed by atoms with E-state index < -0.39 is 23.1 Å². The lowest BCUT2D eigenvalue weighted by Crippen LogP contribution is -2.32. The van der Waals surface area contributed by atoms with E-state index in [0.29, 0.717) is 32.7 Å². The molecule has 11 heteroatoms. The maximum Gasteiger partial charge on any atom is 0.338 e. The molecule has 3 heterocycles. The minimum absolute atomic E-state index is 0.244. The van der Waals surface area contributed by atoms with Gasteiger partial charge in [-0.3, -0.25) is 14.4 Å². The van der Waals surface area contributed by atoms with Crippen LogP contribution in [0.2, 0.25) is 0 Å². The summed E-state index contributed by atoms with van der Waals surface area (Å²) in [5.74, 6) is -1.47. The first-order chi connectivity index (χ1) is 17.4. The van der Waals surface area contributed by atoms with Crippen LogP contribution in [-0.4, -0.2) is 48.8 Å². The van der Waals surface area contributed by atoms with Crippen molar-refractivity contribution in [2.75, 3.05) is 25.7 Å². The molecule has 3 atom stereocenters. The molecule has 3 aromatic rings. The van der Waals surface area contributed by atoms with Crippen LogP contribution in [0.5, 0.6) is 11.5 Å². The molecule has 2 aliphatic rings. The molecular formula is C25H22N2O7S2. The van der Waals surface area contributed by atoms with Gasteiger partial charge in [-0.2, -0.15) is 0 Å². The quantitative estimate of drug-likeness (QED) is 0.384. The van der Waals surface area contributed by atoms with Crippen LogP contribution in [0.3, 0.4) is 0 Å². The van der Waals surface area contributed by atoms with Crippen LogP contribution >= 0.6 is 23.1 Å². The minimum atomic E-state index is -0.732. The Labute approximate surface area is 214 Å². The number of benzene rings is 2. The predicted molar refractivity (Wildman–Crippen MR) is 134 cm³/mol. The molecule has 0 spiro atoms. The summed E-state index contributed by atoms with van der Waals surface area (Å²) in [6.45, 7) is 1.96. The first-order valence-corrected chi connectivity index (χ1v) is 12.8. The van der Waals surface area contributed by atoms with Gasteiger partial charge in [-0.25, -0.2) is 9.69 Å². The number of anilines is 1. The van der Waals surface area contributed by atoms with Gasteiger partial charge in [-0.15, -0.1) is 0 Å². The molecule has 9 nitrogen and oxygen atoms in total. The van der Waals surface area contributed by atoms with Crippen LogP contribution in [0.1, 0.15) is 33.6 Å². The number of esters is 1. The number of H-pyrrole nitrogens is 1. The van der Waals surface area contributed by atoms with Crippen LogP contribution in [0.15, 0.2) is 52.3 Å². The zero-order chi connectivity index (χ0) is 25.6. The van der Waals surface area contributed by atoms with Crippen LogP contribution in [0, 0.1) is 5.92 Å². The molecule has 1 N–H and O–H groups in total. The number of fused-ring (bicyclic) bond motifs is 2. The van der Waals surface area contributed by atoms with Crippen molar-refractivity contribution < 1.29 is 28.6 Å². The summed E-state index contributed by atoms with van der Waals surface area (Å²) >= 11 is 2.24. The summed E-state index contributed by atoms with van der Waals surface area (Å²) in [6.07, 6.45) is 0. The van der Waals surface area contributed by atoms with E-state index in [9.17, 15) is 19.2 Å². The fourth-order valence-electron chi connectivity index (χ4n) is 4.64. The maximum atomic E-state index is 13.8. The number of aromatic nitrogens is 1. The normalized spacial score (nSPS) is 20.6. The second kappa shape index (κ2) is 9.47. The van der Waals surface area contributed by atoms with Crippen molar-refractivity contribution in [3.8, 4) is 11.5 Å². The van der Waals surface area contributed by atoms with E-state index in [1.54, 1.807) is 31.2 Å². The Morgan fingerprint density at radius 1 is 1.00 bits per heavy atom. The standard InChI is InChI=1S/C25H22N2O7S2/c1-4-34-24(30)12-5-8-14(9-6-12)27-22(28)18-17(13-7-10-15(32-2)16(11-13)33-3)19-21(26-25(31)36-19)35-20(18)23(27)29/h5-11,17-18,20H,4H2,1-3H3,(H,26,31)/t17-,18-,20+/m0/s1. The molecule has 36 heavy (non-hydrogen) atoms. The lowest BCUT2D eigenvalue weighted by molar-refractivity contribution is -0.122. The predicted octanol–water partition coefficient (Wildman–Crippen LogP) is 3.43. The van der Waals surface area contributed by atoms with Gasteiger partial charge in [0.1, 0.15) is 5.25 Å².